The van der Waals surface area contributed by atoms with Crippen molar-refractivity contribution in [1.29, 1.82) is 0 Å². The third-order valence-corrected chi connectivity index (χ3v) is 2.10. The summed E-state index contributed by atoms with van der Waals surface area (Å²) >= 11 is 0. The first-order valence-electron chi connectivity index (χ1n) is 5.50. The van der Waals surface area contributed by atoms with E-state index in [2.05, 4.69) is 10.3 Å². The fourth-order valence-electron chi connectivity index (χ4n) is 1.32. The van der Waals surface area contributed by atoms with E-state index in [0.29, 0.717) is 0 Å². The van der Waals surface area contributed by atoms with Gasteiger partial charge in [0.15, 0.2) is 0 Å². The van der Waals surface area contributed by atoms with Crippen LogP contribution in [0, 0.1) is 0 Å². The Labute approximate surface area is 96.5 Å². The zero-order valence-electron chi connectivity index (χ0n) is 9.94. The molecule has 1 unspecified atom stereocenters. The second kappa shape index (κ2) is 5.95. The van der Waals surface area contributed by atoms with Gasteiger partial charge in [-0.25, -0.2) is 0 Å². The molecule has 1 aromatic rings. The monoisotopic (exact) mass is 218 g/mol. The van der Waals surface area contributed by atoms with Crippen LogP contribution in [0.5, 0.6) is 5.75 Å². The maximum Gasteiger partial charge on any atom is 0.144 e. The zero-order chi connectivity index (χ0) is 12.0. The van der Waals surface area contributed by atoms with Gasteiger partial charge in [-0.15, -0.1) is 0 Å². The van der Waals surface area contributed by atoms with Crippen molar-refractivity contribution in [3.8, 4) is 5.75 Å². The number of nitrogens with zero attached hydrogens (tertiary/aromatic N) is 1. The number of aliphatic imine (C=N–C) groups is 1. The average molecular weight is 218 g/mol. The lowest BCUT2D eigenvalue weighted by molar-refractivity contribution is 0.474. The van der Waals surface area contributed by atoms with Gasteiger partial charge >= 0.3 is 0 Å². The van der Waals surface area contributed by atoms with Crippen molar-refractivity contribution < 1.29 is 5.11 Å². The van der Waals surface area contributed by atoms with Crippen molar-refractivity contribution in [2.75, 3.05) is 0 Å². The number of hydrogen-bond acceptors (Lipinski definition) is 3. The van der Waals surface area contributed by atoms with E-state index in [1.54, 1.807) is 12.1 Å². The molecule has 0 saturated heterocycles. The Balaban J connectivity index is 0.000000606. The van der Waals surface area contributed by atoms with Gasteiger partial charge < -0.3 is 10.4 Å². The van der Waals surface area contributed by atoms with Crippen LogP contribution in [-0.4, -0.2) is 11.3 Å². The molecule has 1 aromatic carbocycles. The molecular formula is C13H18N2O. The van der Waals surface area contributed by atoms with Crippen LogP contribution in [0.3, 0.4) is 0 Å². The van der Waals surface area contributed by atoms with Crippen LogP contribution >= 0.6 is 0 Å². The summed E-state index contributed by atoms with van der Waals surface area (Å²) in [5.74, 6) is 0.278. The molecule has 0 spiro atoms. The summed E-state index contributed by atoms with van der Waals surface area (Å²) in [5.41, 5.74) is 2.16. The van der Waals surface area contributed by atoms with Crippen LogP contribution in [0.2, 0.25) is 0 Å². The fourth-order valence-corrected chi connectivity index (χ4v) is 1.32. The molecular weight excluding hydrogens is 200 g/mol. The minimum absolute atomic E-state index is 0.0284. The second-order valence-corrected chi connectivity index (χ2v) is 3.33. The molecule has 1 aliphatic rings. The summed E-state index contributed by atoms with van der Waals surface area (Å²) in [6.07, 6.45) is 3.75. The van der Waals surface area contributed by atoms with Crippen LogP contribution in [0.25, 0.3) is 0 Å². The van der Waals surface area contributed by atoms with E-state index in [9.17, 15) is 0 Å². The fraction of sp³-hybridized carbons (Fsp3) is 0.308. The molecule has 2 N–H and O–H groups in total. The lowest BCUT2D eigenvalue weighted by Crippen LogP contribution is -2.17. The summed E-state index contributed by atoms with van der Waals surface area (Å²) in [6, 6.07) is 7.05. The van der Waals surface area contributed by atoms with Crippen LogP contribution < -0.4 is 5.32 Å². The lowest BCUT2D eigenvalue weighted by atomic mass is 10.1. The number of phenols is 1. The predicted molar refractivity (Wildman–Crippen MR) is 67.6 cm³/mol. The van der Waals surface area contributed by atoms with Gasteiger partial charge in [-0.3, -0.25) is 4.99 Å². The van der Waals surface area contributed by atoms with Crippen molar-refractivity contribution in [1.82, 2.24) is 5.32 Å². The number of rotatable bonds is 1. The maximum atomic E-state index is 9.13. The highest BCUT2D eigenvalue weighted by Crippen LogP contribution is 2.19. The second-order valence-electron chi connectivity index (χ2n) is 3.33. The average Bonchev–Trinajstić information content (AvgIpc) is 2.34. The molecule has 3 nitrogen and oxygen atoms in total. The molecule has 1 atom stereocenters. The molecule has 2 rings (SSSR count). The Morgan fingerprint density at radius 2 is 1.81 bits per heavy atom. The Morgan fingerprint density at radius 1 is 1.19 bits per heavy atom. The third kappa shape index (κ3) is 3.12. The lowest BCUT2D eigenvalue weighted by Gasteiger charge is -2.17. The molecule has 3 heteroatoms. The van der Waals surface area contributed by atoms with E-state index in [1.807, 2.05) is 45.3 Å². The minimum Gasteiger partial charge on any atom is -0.508 e. The zero-order valence-corrected chi connectivity index (χ0v) is 9.94. The van der Waals surface area contributed by atoms with Gasteiger partial charge in [0.2, 0.25) is 0 Å². The van der Waals surface area contributed by atoms with Gasteiger partial charge in [-0.05, 0) is 30.2 Å². The summed E-state index contributed by atoms with van der Waals surface area (Å²) in [6.45, 7) is 5.99. The predicted octanol–water partition coefficient (Wildman–Crippen LogP) is 2.99. The van der Waals surface area contributed by atoms with Crippen LogP contribution in [-0.2, 0) is 0 Å². The first kappa shape index (κ1) is 12.3. The molecule has 1 heterocycles. The molecule has 0 radical (unpaired) electrons. The van der Waals surface area contributed by atoms with Crippen LogP contribution in [0.4, 0.5) is 0 Å². The molecule has 86 valence electrons. The van der Waals surface area contributed by atoms with Gasteiger partial charge in [0.05, 0.1) is 0 Å². The van der Waals surface area contributed by atoms with Crippen molar-refractivity contribution in [3.05, 3.63) is 41.6 Å². The topological polar surface area (TPSA) is 44.6 Å². The minimum atomic E-state index is -0.0284. The summed E-state index contributed by atoms with van der Waals surface area (Å²) in [5, 5.41) is 12.3. The van der Waals surface area contributed by atoms with E-state index in [4.69, 9.17) is 5.11 Å². The van der Waals surface area contributed by atoms with Gasteiger partial charge in [0.1, 0.15) is 11.9 Å². The van der Waals surface area contributed by atoms with E-state index in [1.165, 1.54) is 0 Å². The quantitative estimate of drug-likeness (QED) is 0.761. The van der Waals surface area contributed by atoms with E-state index in [0.717, 1.165) is 11.1 Å². The molecule has 0 fully saturated rings. The highest BCUT2D eigenvalue weighted by molar-refractivity contribution is 5.78. The highest BCUT2D eigenvalue weighted by Gasteiger charge is 2.09. The molecule has 16 heavy (non-hydrogen) atoms. The van der Waals surface area contributed by atoms with Crippen LogP contribution in [0.15, 0.2) is 41.0 Å². The SMILES string of the molecule is CC.CC1=CNC(c2ccc(O)cc2)N=C1. The first-order chi connectivity index (χ1) is 7.75. The number of benzene rings is 1. The number of nitrogens with one attached hydrogen (secondary N) is 1. The molecule has 0 saturated carbocycles. The number of phenolic OH excluding ortho intramolecular Hbond substituents is 1. The normalized spacial score (nSPS) is 17.9. The van der Waals surface area contributed by atoms with E-state index in [-0.39, 0.29) is 11.9 Å². The Morgan fingerprint density at radius 3 is 2.31 bits per heavy atom. The largest absolute Gasteiger partial charge is 0.508 e. The van der Waals surface area contributed by atoms with Crippen molar-refractivity contribution in [2.24, 2.45) is 4.99 Å². The van der Waals surface area contributed by atoms with Gasteiger partial charge in [0, 0.05) is 12.4 Å². The van der Waals surface area contributed by atoms with Gasteiger partial charge in [-0.2, -0.15) is 0 Å². The van der Waals surface area contributed by atoms with E-state index < -0.39 is 0 Å². The third-order valence-electron chi connectivity index (χ3n) is 2.10. The Bertz CT molecular complexity index is 379. The molecule has 0 amide bonds. The van der Waals surface area contributed by atoms with Crippen molar-refractivity contribution >= 4 is 6.21 Å². The maximum absolute atomic E-state index is 9.13. The standard InChI is InChI=1S/C11H12N2O.C2H6/c1-8-6-12-11(13-7-8)9-2-4-10(14)5-3-9;1-2/h2-7,11-12,14H,1H3;1-2H3. The molecule has 1 aliphatic heterocycles. The molecule has 0 bridgehead atoms. The summed E-state index contributed by atoms with van der Waals surface area (Å²) in [4.78, 5) is 4.32. The number of hydrogen-bond donors (Lipinski definition) is 2. The van der Waals surface area contributed by atoms with Crippen LogP contribution in [0.1, 0.15) is 32.5 Å². The Hall–Kier alpha value is -1.77. The van der Waals surface area contributed by atoms with Crippen molar-refractivity contribution in [3.63, 3.8) is 0 Å². The number of aromatic hydroxyl groups is 1. The van der Waals surface area contributed by atoms with Gasteiger partial charge in [0.25, 0.3) is 0 Å². The van der Waals surface area contributed by atoms with Crippen molar-refractivity contribution in [2.45, 2.75) is 26.9 Å². The summed E-state index contributed by atoms with van der Waals surface area (Å²) in [7, 11) is 0. The molecule has 0 aliphatic carbocycles. The van der Waals surface area contributed by atoms with E-state index >= 15 is 0 Å². The smallest absolute Gasteiger partial charge is 0.144 e. The van der Waals surface area contributed by atoms with Gasteiger partial charge in [-0.1, -0.05) is 26.0 Å². The first-order valence-corrected chi connectivity index (χ1v) is 5.50. The number of allylic oxidation sites excluding steroid dienone is 1. The highest BCUT2D eigenvalue weighted by atomic mass is 16.3. The summed E-state index contributed by atoms with van der Waals surface area (Å²) < 4.78 is 0. The molecule has 0 aromatic heterocycles. The Kier molecular flexibility index (Phi) is 4.58.